The average molecular weight is 554 g/mol. The van der Waals surface area contributed by atoms with Gasteiger partial charge in [-0.25, -0.2) is 0 Å². The van der Waals surface area contributed by atoms with E-state index in [0.29, 0.717) is 6.42 Å². The summed E-state index contributed by atoms with van der Waals surface area (Å²) in [5.74, 6) is 0.987. The lowest BCUT2D eigenvalue weighted by atomic mass is 9.87. The number of rotatable bonds is 9. The molecule has 0 N–H and O–H groups in total. The molecule has 0 amide bonds. The molecule has 3 nitrogen and oxygen atoms in total. The first-order valence-corrected chi connectivity index (χ1v) is 14.2. The van der Waals surface area contributed by atoms with Crippen molar-refractivity contribution in [3.63, 3.8) is 0 Å². The highest BCUT2D eigenvalue weighted by Crippen LogP contribution is 2.41. The maximum atomic E-state index is 12.7. The number of aryl methyl sites for hydroxylation is 1. The molecule has 206 valence electrons. The standard InChI is InChI=1S/C32H35F3NO2P/c1-21-6-15-28-29(31(21)39)5-2-4-27(22-7-11-25(12-8-22)38-32(34)35)30(28)23-9-13-24(14-10-23)37-26-16-19-36(20-26)18-3-17-33/h6-15,26,32H,2-5,16-20,39H2,1H3. The van der Waals surface area contributed by atoms with Crippen molar-refractivity contribution in [2.24, 2.45) is 0 Å². The average Bonchev–Trinajstić information content (AvgIpc) is 3.28. The van der Waals surface area contributed by atoms with Gasteiger partial charge < -0.3 is 9.47 Å². The topological polar surface area (TPSA) is 21.7 Å². The molecule has 5 rings (SSSR count). The lowest BCUT2D eigenvalue weighted by Gasteiger charge is -2.20. The van der Waals surface area contributed by atoms with Gasteiger partial charge in [0.1, 0.15) is 17.6 Å². The minimum Gasteiger partial charge on any atom is -0.489 e. The van der Waals surface area contributed by atoms with Gasteiger partial charge in [0.25, 0.3) is 0 Å². The lowest BCUT2D eigenvalue weighted by molar-refractivity contribution is -0.0498. The van der Waals surface area contributed by atoms with Crippen LogP contribution in [0.3, 0.4) is 0 Å². The molecule has 2 aliphatic rings. The summed E-state index contributed by atoms with van der Waals surface area (Å²) in [4.78, 5) is 2.26. The molecule has 1 aliphatic carbocycles. The van der Waals surface area contributed by atoms with E-state index in [1.54, 1.807) is 12.1 Å². The molecule has 0 bridgehead atoms. The van der Waals surface area contributed by atoms with Crippen molar-refractivity contribution >= 4 is 25.7 Å². The molecule has 0 radical (unpaired) electrons. The molecule has 3 aromatic rings. The quantitative estimate of drug-likeness (QED) is 0.262. The van der Waals surface area contributed by atoms with Gasteiger partial charge in [0.15, 0.2) is 0 Å². The molecule has 1 saturated heterocycles. The molecule has 0 aromatic heterocycles. The highest BCUT2D eigenvalue weighted by atomic mass is 31.0. The molecule has 1 aliphatic heterocycles. The number of likely N-dealkylation sites (tertiary alicyclic amines) is 1. The summed E-state index contributed by atoms with van der Waals surface area (Å²) in [6.45, 7) is 1.54. The molecule has 7 heteroatoms. The maximum absolute atomic E-state index is 12.7. The highest BCUT2D eigenvalue weighted by molar-refractivity contribution is 7.27. The van der Waals surface area contributed by atoms with E-state index in [4.69, 9.17) is 4.74 Å². The fraction of sp³-hybridized carbons (Fsp3) is 0.375. The van der Waals surface area contributed by atoms with Gasteiger partial charge in [-0.2, -0.15) is 8.78 Å². The predicted molar refractivity (Wildman–Crippen MR) is 155 cm³/mol. The minimum absolute atomic E-state index is 0.112. The largest absolute Gasteiger partial charge is 0.489 e. The zero-order valence-electron chi connectivity index (χ0n) is 22.3. The van der Waals surface area contributed by atoms with Crippen LogP contribution in [0.15, 0.2) is 60.7 Å². The number of hydrogen-bond acceptors (Lipinski definition) is 3. The van der Waals surface area contributed by atoms with Crippen molar-refractivity contribution in [1.82, 2.24) is 4.90 Å². The monoisotopic (exact) mass is 553 g/mol. The number of alkyl halides is 3. The Kier molecular flexibility index (Phi) is 8.94. The van der Waals surface area contributed by atoms with Crippen LogP contribution in [-0.2, 0) is 6.42 Å². The van der Waals surface area contributed by atoms with E-state index in [1.165, 1.54) is 33.1 Å². The predicted octanol–water partition coefficient (Wildman–Crippen LogP) is 7.20. The normalized spacial score (nSPS) is 17.8. The number of allylic oxidation sites excluding steroid dienone is 1. The Morgan fingerprint density at radius 1 is 0.949 bits per heavy atom. The zero-order valence-corrected chi connectivity index (χ0v) is 23.4. The van der Waals surface area contributed by atoms with E-state index < -0.39 is 6.61 Å². The third kappa shape index (κ3) is 6.50. The van der Waals surface area contributed by atoms with Crippen molar-refractivity contribution in [3.8, 4) is 11.5 Å². The number of fused-ring (bicyclic) bond motifs is 1. The molecule has 1 heterocycles. The van der Waals surface area contributed by atoms with Crippen molar-refractivity contribution in [1.29, 1.82) is 0 Å². The van der Waals surface area contributed by atoms with Crippen LogP contribution < -0.4 is 14.8 Å². The van der Waals surface area contributed by atoms with Crippen molar-refractivity contribution in [2.45, 2.75) is 51.7 Å². The van der Waals surface area contributed by atoms with Gasteiger partial charge in [0, 0.05) is 19.6 Å². The summed E-state index contributed by atoms with van der Waals surface area (Å²) in [7, 11) is 2.93. The van der Waals surface area contributed by atoms with Crippen LogP contribution in [0.5, 0.6) is 11.5 Å². The van der Waals surface area contributed by atoms with E-state index in [-0.39, 0.29) is 18.5 Å². The summed E-state index contributed by atoms with van der Waals surface area (Å²) >= 11 is 0. The summed E-state index contributed by atoms with van der Waals surface area (Å²) < 4.78 is 48.8. The molecule has 39 heavy (non-hydrogen) atoms. The van der Waals surface area contributed by atoms with Crippen LogP contribution in [0.4, 0.5) is 13.2 Å². The van der Waals surface area contributed by atoms with E-state index in [9.17, 15) is 13.2 Å². The van der Waals surface area contributed by atoms with Gasteiger partial charge in [-0.05, 0) is 108 Å². The second-order valence-corrected chi connectivity index (χ2v) is 10.9. The van der Waals surface area contributed by atoms with E-state index >= 15 is 0 Å². The fourth-order valence-electron chi connectivity index (χ4n) is 5.74. The van der Waals surface area contributed by atoms with Gasteiger partial charge >= 0.3 is 6.61 Å². The Morgan fingerprint density at radius 2 is 1.67 bits per heavy atom. The third-order valence-electron chi connectivity index (χ3n) is 7.71. The zero-order chi connectivity index (χ0) is 27.4. The molecular weight excluding hydrogens is 518 g/mol. The summed E-state index contributed by atoms with van der Waals surface area (Å²) in [6, 6.07) is 19.7. The van der Waals surface area contributed by atoms with E-state index in [2.05, 4.69) is 50.1 Å². The second-order valence-electron chi connectivity index (χ2n) is 10.3. The Hall–Kier alpha value is -2.82. The van der Waals surface area contributed by atoms with Crippen LogP contribution >= 0.6 is 9.24 Å². The SMILES string of the molecule is Cc1ccc2c(c1P)CCCC(c1ccc(OC(F)F)cc1)=C2c1ccc(OC2CCN(CCCF)C2)cc1. The maximum Gasteiger partial charge on any atom is 0.387 e. The van der Waals surface area contributed by atoms with E-state index in [1.807, 2.05) is 24.3 Å². The smallest absolute Gasteiger partial charge is 0.387 e. The Labute approximate surface area is 231 Å². The fourth-order valence-corrected chi connectivity index (χ4v) is 6.14. The summed E-state index contributed by atoms with van der Waals surface area (Å²) in [5, 5.41) is 1.24. The Bertz CT molecular complexity index is 1310. The van der Waals surface area contributed by atoms with Crippen LogP contribution in [0.2, 0.25) is 0 Å². The number of nitrogens with zero attached hydrogens (tertiary/aromatic N) is 1. The third-order valence-corrected chi connectivity index (χ3v) is 8.51. The first-order chi connectivity index (χ1) is 18.9. The van der Waals surface area contributed by atoms with E-state index in [0.717, 1.165) is 62.2 Å². The van der Waals surface area contributed by atoms with Crippen LogP contribution in [0.1, 0.15) is 53.5 Å². The van der Waals surface area contributed by atoms with Gasteiger partial charge in [0.2, 0.25) is 0 Å². The number of benzene rings is 3. The van der Waals surface area contributed by atoms with Crippen molar-refractivity contribution in [2.75, 3.05) is 26.3 Å². The first kappa shape index (κ1) is 27.7. The highest BCUT2D eigenvalue weighted by Gasteiger charge is 2.25. The second kappa shape index (κ2) is 12.6. The van der Waals surface area contributed by atoms with Gasteiger partial charge in [-0.15, -0.1) is 9.24 Å². The van der Waals surface area contributed by atoms with Crippen molar-refractivity contribution < 1.29 is 22.6 Å². The van der Waals surface area contributed by atoms with Gasteiger partial charge in [-0.3, -0.25) is 9.29 Å². The van der Waals surface area contributed by atoms with Crippen LogP contribution in [0.25, 0.3) is 11.1 Å². The van der Waals surface area contributed by atoms with Crippen LogP contribution in [-0.4, -0.2) is 43.9 Å². The van der Waals surface area contributed by atoms with Gasteiger partial charge in [-0.1, -0.05) is 36.4 Å². The molecule has 2 atom stereocenters. The number of hydrogen-bond donors (Lipinski definition) is 0. The Balaban J connectivity index is 1.48. The Morgan fingerprint density at radius 3 is 2.38 bits per heavy atom. The first-order valence-electron chi connectivity index (χ1n) is 13.6. The lowest BCUT2D eigenvalue weighted by Crippen LogP contribution is -2.26. The number of ether oxygens (including phenoxy) is 2. The summed E-state index contributed by atoms with van der Waals surface area (Å²) in [6.07, 6.45) is 4.46. The number of halogens is 3. The molecule has 2 unspecified atom stereocenters. The van der Waals surface area contributed by atoms with Crippen LogP contribution in [0, 0.1) is 6.92 Å². The van der Waals surface area contributed by atoms with Gasteiger partial charge in [0.05, 0.1) is 6.67 Å². The minimum atomic E-state index is -2.85. The van der Waals surface area contributed by atoms with Crippen molar-refractivity contribution in [3.05, 3.63) is 88.5 Å². The molecular formula is C32H35F3NO2P. The molecule has 1 fully saturated rings. The molecule has 0 spiro atoms. The molecule has 3 aromatic carbocycles. The summed E-state index contributed by atoms with van der Waals surface area (Å²) in [5.41, 5.74) is 8.25. The molecule has 0 saturated carbocycles.